The number of rotatable bonds is 2. The Morgan fingerprint density at radius 3 is 2.04 bits per heavy atom. The first-order valence-electron chi connectivity index (χ1n) is 9.54. The zero-order chi connectivity index (χ0) is 17.3. The molecule has 1 aromatic rings. The minimum atomic E-state index is -0.118. The highest BCUT2D eigenvalue weighted by molar-refractivity contribution is 5.94. The molecule has 0 N–H and O–H groups in total. The zero-order valence-corrected chi connectivity index (χ0v) is 14.8. The largest absolute Gasteiger partial charge is 0.340 e. The van der Waals surface area contributed by atoms with Crippen LogP contribution in [0.5, 0.6) is 0 Å². The first-order chi connectivity index (χ1) is 12.2. The lowest BCUT2D eigenvalue weighted by atomic mass is 9.71. The summed E-state index contributed by atoms with van der Waals surface area (Å²) in [5, 5.41) is 0. The number of amides is 2. The molecule has 0 aliphatic carbocycles. The van der Waals surface area contributed by atoms with Gasteiger partial charge in [-0.1, -0.05) is 18.2 Å². The lowest BCUT2D eigenvalue weighted by molar-refractivity contribution is -0.149. The van der Waals surface area contributed by atoms with Crippen LogP contribution in [0, 0.1) is 5.41 Å². The van der Waals surface area contributed by atoms with Crippen LogP contribution in [-0.4, -0.2) is 72.3 Å². The summed E-state index contributed by atoms with van der Waals surface area (Å²) < 4.78 is 0. The average Bonchev–Trinajstić information content (AvgIpc) is 2.95. The molecule has 0 saturated carbocycles. The molecule has 4 heterocycles. The standard InChI is InChI=1S/C20H27N3O2/c24-18(17-5-2-1-3-6-17)22-10-4-11-23(16-15-22)19(25)20-7-12-21(13-8-20)14-9-20/h1-3,5-6H,4,7-16H2. The molecule has 1 aromatic carbocycles. The van der Waals surface area contributed by atoms with Crippen molar-refractivity contribution in [2.24, 2.45) is 5.41 Å². The van der Waals surface area contributed by atoms with Crippen molar-refractivity contribution in [1.82, 2.24) is 14.7 Å². The van der Waals surface area contributed by atoms with E-state index in [0.717, 1.165) is 64.0 Å². The third kappa shape index (κ3) is 3.17. The number of nitrogens with zero attached hydrogens (tertiary/aromatic N) is 3. The van der Waals surface area contributed by atoms with Crippen LogP contribution in [0.2, 0.25) is 0 Å². The SMILES string of the molecule is O=C(c1ccccc1)N1CCCN(C(=O)C23CCN(CC2)CC3)CC1. The van der Waals surface area contributed by atoms with Gasteiger partial charge in [0.2, 0.25) is 5.91 Å². The first kappa shape index (κ1) is 16.6. The summed E-state index contributed by atoms with van der Waals surface area (Å²) >= 11 is 0. The summed E-state index contributed by atoms with van der Waals surface area (Å²) in [5.41, 5.74) is 0.619. The summed E-state index contributed by atoms with van der Waals surface area (Å²) in [6.45, 7) is 6.03. The van der Waals surface area contributed by atoms with E-state index >= 15 is 0 Å². The van der Waals surface area contributed by atoms with E-state index in [1.165, 1.54) is 0 Å². The Kier molecular flexibility index (Phi) is 4.50. The van der Waals surface area contributed by atoms with Gasteiger partial charge in [-0.25, -0.2) is 0 Å². The second-order valence-electron chi connectivity index (χ2n) is 7.68. The van der Waals surface area contributed by atoms with Crippen molar-refractivity contribution in [2.45, 2.75) is 25.7 Å². The van der Waals surface area contributed by atoms with Crippen molar-refractivity contribution in [3.05, 3.63) is 35.9 Å². The van der Waals surface area contributed by atoms with Gasteiger partial charge in [0.05, 0.1) is 5.41 Å². The van der Waals surface area contributed by atoms with Crippen molar-refractivity contribution >= 4 is 11.8 Å². The van der Waals surface area contributed by atoms with E-state index in [0.29, 0.717) is 19.0 Å². The van der Waals surface area contributed by atoms with Gasteiger partial charge in [-0.3, -0.25) is 9.59 Å². The van der Waals surface area contributed by atoms with Gasteiger partial charge in [0.15, 0.2) is 0 Å². The molecule has 0 spiro atoms. The van der Waals surface area contributed by atoms with Gasteiger partial charge < -0.3 is 14.7 Å². The van der Waals surface area contributed by atoms with Crippen molar-refractivity contribution in [3.8, 4) is 0 Å². The number of fused-ring (bicyclic) bond motifs is 3. The quantitative estimate of drug-likeness (QED) is 0.825. The van der Waals surface area contributed by atoms with E-state index in [1.807, 2.05) is 40.1 Å². The van der Waals surface area contributed by atoms with Crippen LogP contribution in [0.4, 0.5) is 0 Å². The number of benzene rings is 1. The fourth-order valence-electron chi connectivity index (χ4n) is 4.57. The van der Waals surface area contributed by atoms with Crippen LogP contribution in [0.1, 0.15) is 36.0 Å². The Morgan fingerprint density at radius 1 is 0.760 bits per heavy atom. The molecule has 0 aromatic heterocycles. The molecule has 4 aliphatic heterocycles. The monoisotopic (exact) mass is 341 g/mol. The highest BCUT2D eigenvalue weighted by atomic mass is 16.2. The number of hydrogen-bond acceptors (Lipinski definition) is 3. The molecular weight excluding hydrogens is 314 g/mol. The molecular formula is C20H27N3O2. The molecule has 25 heavy (non-hydrogen) atoms. The predicted octanol–water partition coefficient (Wildman–Crippen LogP) is 1.85. The molecule has 5 rings (SSSR count). The van der Waals surface area contributed by atoms with Crippen molar-refractivity contribution in [2.75, 3.05) is 45.8 Å². The third-order valence-electron chi connectivity index (χ3n) is 6.26. The molecule has 2 bridgehead atoms. The summed E-state index contributed by atoms with van der Waals surface area (Å²) in [6.07, 6.45) is 3.89. The topological polar surface area (TPSA) is 43.9 Å². The second-order valence-corrected chi connectivity index (χ2v) is 7.68. The summed E-state index contributed by atoms with van der Waals surface area (Å²) in [7, 11) is 0. The Morgan fingerprint density at radius 2 is 1.36 bits per heavy atom. The molecule has 4 aliphatic rings. The lowest BCUT2D eigenvalue weighted by Crippen LogP contribution is -2.56. The van der Waals surface area contributed by atoms with E-state index in [1.54, 1.807) is 0 Å². The first-order valence-corrected chi connectivity index (χ1v) is 9.54. The van der Waals surface area contributed by atoms with Crippen LogP contribution in [0.25, 0.3) is 0 Å². The number of hydrogen-bond donors (Lipinski definition) is 0. The van der Waals surface area contributed by atoms with E-state index < -0.39 is 0 Å². The average molecular weight is 341 g/mol. The highest BCUT2D eigenvalue weighted by Crippen LogP contribution is 2.41. The molecule has 4 fully saturated rings. The highest BCUT2D eigenvalue weighted by Gasteiger charge is 2.47. The predicted molar refractivity (Wildman–Crippen MR) is 96.3 cm³/mol. The molecule has 5 nitrogen and oxygen atoms in total. The molecule has 5 heteroatoms. The van der Waals surface area contributed by atoms with Crippen molar-refractivity contribution in [3.63, 3.8) is 0 Å². The number of carbonyl (C=O) groups is 2. The normalized spacial score (nSPS) is 29.4. The maximum Gasteiger partial charge on any atom is 0.253 e. The van der Waals surface area contributed by atoms with E-state index in [-0.39, 0.29) is 11.3 Å². The second kappa shape index (κ2) is 6.79. The smallest absolute Gasteiger partial charge is 0.253 e. The van der Waals surface area contributed by atoms with Crippen molar-refractivity contribution < 1.29 is 9.59 Å². The molecule has 0 radical (unpaired) electrons. The van der Waals surface area contributed by atoms with E-state index in [4.69, 9.17) is 0 Å². The van der Waals surface area contributed by atoms with Gasteiger partial charge in [-0.2, -0.15) is 0 Å². The van der Waals surface area contributed by atoms with Gasteiger partial charge in [0, 0.05) is 31.7 Å². The Balaban J connectivity index is 1.41. The maximum absolute atomic E-state index is 13.2. The molecule has 0 unspecified atom stereocenters. The Hall–Kier alpha value is -1.88. The fraction of sp³-hybridized carbons (Fsp3) is 0.600. The van der Waals surface area contributed by atoms with Gasteiger partial charge >= 0.3 is 0 Å². The van der Waals surface area contributed by atoms with Crippen LogP contribution < -0.4 is 0 Å². The van der Waals surface area contributed by atoms with Crippen LogP contribution in [0.3, 0.4) is 0 Å². The minimum absolute atomic E-state index is 0.0824. The van der Waals surface area contributed by atoms with Gasteiger partial charge in [-0.15, -0.1) is 0 Å². The van der Waals surface area contributed by atoms with E-state index in [9.17, 15) is 9.59 Å². The number of piperidine rings is 3. The summed E-state index contributed by atoms with van der Waals surface area (Å²) in [5.74, 6) is 0.430. The van der Waals surface area contributed by atoms with Crippen LogP contribution in [0.15, 0.2) is 30.3 Å². The van der Waals surface area contributed by atoms with E-state index in [2.05, 4.69) is 4.90 Å². The van der Waals surface area contributed by atoms with Gasteiger partial charge in [0.25, 0.3) is 5.91 Å². The minimum Gasteiger partial charge on any atom is -0.340 e. The lowest BCUT2D eigenvalue weighted by Gasteiger charge is -2.48. The number of carbonyl (C=O) groups excluding carboxylic acids is 2. The van der Waals surface area contributed by atoms with Crippen molar-refractivity contribution in [1.29, 1.82) is 0 Å². The maximum atomic E-state index is 13.2. The van der Waals surface area contributed by atoms with Crippen LogP contribution in [-0.2, 0) is 4.79 Å². The molecule has 2 amide bonds. The summed E-state index contributed by atoms with van der Waals surface area (Å²) in [6, 6.07) is 9.45. The zero-order valence-electron chi connectivity index (χ0n) is 14.8. The Labute approximate surface area is 149 Å². The molecule has 0 atom stereocenters. The third-order valence-corrected chi connectivity index (χ3v) is 6.26. The Bertz CT molecular complexity index is 624. The van der Waals surface area contributed by atoms with Gasteiger partial charge in [-0.05, 0) is 57.5 Å². The van der Waals surface area contributed by atoms with Gasteiger partial charge in [0.1, 0.15) is 0 Å². The molecule has 134 valence electrons. The van der Waals surface area contributed by atoms with Crippen LogP contribution >= 0.6 is 0 Å². The fourth-order valence-corrected chi connectivity index (χ4v) is 4.57. The molecule has 4 saturated heterocycles. The summed E-state index contributed by atoms with van der Waals surface area (Å²) in [4.78, 5) is 32.3.